The van der Waals surface area contributed by atoms with Crippen LogP contribution in [0.1, 0.15) is 28.8 Å². The van der Waals surface area contributed by atoms with E-state index in [4.69, 9.17) is 9.47 Å². The number of ether oxygens (including phenoxy) is 2. The smallest absolute Gasteiger partial charge is 0.226 e. The summed E-state index contributed by atoms with van der Waals surface area (Å²) in [6.07, 6.45) is 1.11. The van der Waals surface area contributed by atoms with Gasteiger partial charge in [-0.05, 0) is 47.5 Å². The Hall–Kier alpha value is -4.13. The van der Waals surface area contributed by atoms with E-state index in [2.05, 4.69) is 15.4 Å². The van der Waals surface area contributed by atoms with E-state index in [1.807, 2.05) is 53.2 Å². The molecule has 3 aromatic carbocycles. The lowest BCUT2D eigenvalue weighted by Crippen LogP contribution is -2.32. The monoisotopic (exact) mass is 426 g/mol. The Kier molecular flexibility index (Phi) is 4.21. The second-order valence-corrected chi connectivity index (χ2v) is 7.70. The lowest BCUT2D eigenvalue weighted by Gasteiger charge is -2.39. The normalized spacial score (nSPS) is 18.7. The van der Waals surface area contributed by atoms with Crippen molar-refractivity contribution in [3.05, 3.63) is 107 Å². The molecule has 7 heteroatoms. The molecule has 0 saturated heterocycles. The quantitative estimate of drug-likeness (QED) is 0.500. The molecule has 2 aliphatic rings. The molecule has 0 aliphatic carbocycles. The van der Waals surface area contributed by atoms with E-state index in [9.17, 15) is 4.39 Å². The van der Waals surface area contributed by atoms with Gasteiger partial charge in [-0.3, -0.25) is 0 Å². The number of anilines is 1. The molecule has 0 radical (unpaired) electrons. The number of hydrogen-bond donors (Lipinski definition) is 1. The first-order valence-electron chi connectivity index (χ1n) is 10.3. The number of para-hydroxylation sites is 1. The molecule has 6 nitrogen and oxygen atoms in total. The molecule has 0 fully saturated rings. The maximum Gasteiger partial charge on any atom is 0.226 e. The van der Waals surface area contributed by atoms with Gasteiger partial charge in [-0.2, -0.15) is 10.1 Å². The summed E-state index contributed by atoms with van der Waals surface area (Å²) in [5.74, 6) is 1.90. The topological polar surface area (TPSA) is 61.2 Å². The van der Waals surface area contributed by atoms with Crippen LogP contribution in [0, 0.1) is 5.82 Å². The number of hydrogen-bond acceptors (Lipinski definition) is 5. The molecule has 0 unspecified atom stereocenters. The standard InChI is InChI=1S/C25H19FN4O2/c1-31-18-12-8-15(9-13-18)23-21-22(29-25-27-14-28-30(23)25)19-4-2-3-5-20(19)32-24(21)16-6-10-17(26)11-7-16/h2-14,23-24H,1H3,(H,27,28,29)/t23-,24+/m1/s1. The molecule has 32 heavy (non-hydrogen) atoms. The predicted octanol–water partition coefficient (Wildman–Crippen LogP) is 4.99. The third kappa shape index (κ3) is 2.85. The van der Waals surface area contributed by atoms with Crippen molar-refractivity contribution in [2.24, 2.45) is 0 Å². The van der Waals surface area contributed by atoms with Crippen molar-refractivity contribution in [3.8, 4) is 11.5 Å². The number of benzene rings is 3. The van der Waals surface area contributed by atoms with Crippen molar-refractivity contribution < 1.29 is 13.9 Å². The zero-order valence-corrected chi connectivity index (χ0v) is 17.2. The van der Waals surface area contributed by atoms with Gasteiger partial charge in [0.25, 0.3) is 0 Å². The number of nitrogens with one attached hydrogen (secondary N) is 1. The van der Waals surface area contributed by atoms with Gasteiger partial charge in [-0.15, -0.1) is 0 Å². The molecule has 0 amide bonds. The van der Waals surface area contributed by atoms with Gasteiger partial charge in [0.1, 0.15) is 35.8 Å². The number of methoxy groups -OCH3 is 1. The van der Waals surface area contributed by atoms with Crippen molar-refractivity contribution in [1.29, 1.82) is 0 Å². The van der Waals surface area contributed by atoms with Crippen LogP contribution in [0.4, 0.5) is 10.3 Å². The summed E-state index contributed by atoms with van der Waals surface area (Å²) < 4.78 is 27.4. The van der Waals surface area contributed by atoms with Crippen LogP contribution in [0.25, 0.3) is 5.70 Å². The van der Waals surface area contributed by atoms with Crippen LogP contribution in [-0.4, -0.2) is 21.9 Å². The minimum absolute atomic E-state index is 0.266. The van der Waals surface area contributed by atoms with E-state index in [0.29, 0.717) is 5.95 Å². The summed E-state index contributed by atoms with van der Waals surface area (Å²) in [5, 5.41) is 7.97. The second-order valence-electron chi connectivity index (χ2n) is 7.70. The highest BCUT2D eigenvalue weighted by Crippen LogP contribution is 2.50. The summed E-state index contributed by atoms with van der Waals surface area (Å²) in [7, 11) is 1.65. The zero-order chi connectivity index (χ0) is 21.7. The van der Waals surface area contributed by atoms with Gasteiger partial charge in [0.15, 0.2) is 0 Å². The maximum atomic E-state index is 13.7. The lowest BCUT2D eigenvalue weighted by atomic mass is 9.84. The minimum atomic E-state index is -0.433. The van der Waals surface area contributed by atoms with Crippen LogP contribution in [0.15, 0.2) is 84.7 Å². The summed E-state index contributed by atoms with van der Waals surface area (Å²) in [6.45, 7) is 0. The molecule has 0 spiro atoms. The molecule has 1 N–H and O–H groups in total. The van der Waals surface area contributed by atoms with E-state index in [-0.39, 0.29) is 11.9 Å². The van der Waals surface area contributed by atoms with Gasteiger partial charge in [-0.25, -0.2) is 9.07 Å². The van der Waals surface area contributed by atoms with Crippen LogP contribution in [0.3, 0.4) is 0 Å². The Morgan fingerprint density at radius 3 is 2.50 bits per heavy atom. The Morgan fingerprint density at radius 2 is 1.72 bits per heavy atom. The SMILES string of the molecule is COc1ccc([C@@H]2C3=C(Nc4ncnn42)c2ccccc2O[C@H]3c2ccc(F)cc2)cc1. The number of rotatable bonds is 3. The molecular weight excluding hydrogens is 407 g/mol. The molecular formula is C25H19FN4O2. The Morgan fingerprint density at radius 1 is 0.969 bits per heavy atom. The minimum Gasteiger partial charge on any atom is -0.497 e. The largest absolute Gasteiger partial charge is 0.497 e. The maximum absolute atomic E-state index is 13.7. The fourth-order valence-electron chi connectivity index (χ4n) is 4.44. The van der Waals surface area contributed by atoms with Crippen LogP contribution in [-0.2, 0) is 0 Å². The molecule has 158 valence electrons. The predicted molar refractivity (Wildman–Crippen MR) is 118 cm³/mol. The number of aromatic nitrogens is 3. The van der Waals surface area contributed by atoms with E-state index >= 15 is 0 Å². The van der Waals surface area contributed by atoms with Crippen molar-refractivity contribution in [2.45, 2.75) is 12.1 Å². The Bertz CT molecular complexity index is 1330. The first kappa shape index (κ1) is 18.6. The number of fused-ring (bicyclic) bond motifs is 3. The van der Waals surface area contributed by atoms with Gasteiger partial charge in [0, 0.05) is 11.1 Å². The van der Waals surface area contributed by atoms with Crippen LogP contribution in [0.2, 0.25) is 0 Å². The van der Waals surface area contributed by atoms with Gasteiger partial charge in [-0.1, -0.05) is 36.4 Å². The summed E-state index contributed by atoms with van der Waals surface area (Å²) in [4.78, 5) is 4.43. The van der Waals surface area contributed by atoms with E-state index in [1.165, 1.54) is 18.5 Å². The van der Waals surface area contributed by atoms with Gasteiger partial charge < -0.3 is 14.8 Å². The average molecular weight is 426 g/mol. The van der Waals surface area contributed by atoms with Crippen LogP contribution < -0.4 is 14.8 Å². The number of nitrogens with zero attached hydrogens (tertiary/aromatic N) is 3. The Balaban J connectivity index is 1.60. The van der Waals surface area contributed by atoms with Gasteiger partial charge in [0.05, 0.1) is 12.8 Å². The molecule has 0 saturated carbocycles. The molecule has 1 aromatic heterocycles. The van der Waals surface area contributed by atoms with E-state index in [1.54, 1.807) is 19.2 Å². The second kappa shape index (κ2) is 7.23. The first-order valence-corrected chi connectivity index (χ1v) is 10.3. The van der Waals surface area contributed by atoms with Crippen molar-refractivity contribution in [2.75, 3.05) is 12.4 Å². The van der Waals surface area contributed by atoms with Crippen LogP contribution in [0.5, 0.6) is 11.5 Å². The number of halogens is 1. The third-order valence-corrected chi connectivity index (χ3v) is 5.93. The summed E-state index contributed by atoms with van der Waals surface area (Å²) in [5.41, 5.74) is 4.74. The van der Waals surface area contributed by atoms with Crippen molar-refractivity contribution in [3.63, 3.8) is 0 Å². The molecule has 3 heterocycles. The fraction of sp³-hybridized carbons (Fsp3) is 0.120. The summed E-state index contributed by atoms with van der Waals surface area (Å²) >= 11 is 0. The molecule has 2 atom stereocenters. The highest BCUT2D eigenvalue weighted by Gasteiger charge is 2.40. The fourth-order valence-corrected chi connectivity index (χ4v) is 4.44. The molecule has 2 aliphatic heterocycles. The van der Waals surface area contributed by atoms with E-state index < -0.39 is 6.10 Å². The molecule has 6 rings (SSSR count). The average Bonchev–Trinajstić information content (AvgIpc) is 3.31. The highest BCUT2D eigenvalue weighted by molar-refractivity contribution is 5.85. The third-order valence-electron chi connectivity index (χ3n) is 5.93. The summed E-state index contributed by atoms with van der Waals surface area (Å²) in [6, 6.07) is 22.0. The molecule has 4 aromatic rings. The zero-order valence-electron chi connectivity index (χ0n) is 17.2. The van der Waals surface area contributed by atoms with Gasteiger partial charge >= 0.3 is 0 Å². The van der Waals surface area contributed by atoms with Crippen molar-refractivity contribution >= 4 is 11.6 Å². The van der Waals surface area contributed by atoms with E-state index in [0.717, 1.165) is 39.5 Å². The lowest BCUT2D eigenvalue weighted by molar-refractivity contribution is 0.223. The Labute approximate surface area is 183 Å². The van der Waals surface area contributed by atoms with Gasteiger partial charge in [0.2, 0.25) is 5.95 Å². The van der Waals surface area contributed by atoms with Crippen LogP contribution >= 0.6 is 0 Å². The molecule has 0 bridgehead atoms. The van der Waals surface area contributed by atoms with Crippen molar-refractivity contribution in [1.82, 2.24) is 14.8 Å². The highest BCUT2D eigenvalue weighted by atomic mass is 19.1. The first-order chi connectivity index (χ1) is 15.7.